The Kier molecular flexibility index (Phi) is 4.15. The summed E-state index contributed by atoms with van der Waals surface area (Å²) < 4.78 is 0. The average Bonchev–Trinajstić information content (AvgIpc) is 2.73. The molecular weight excluding hydrogens is 242 g/mol. The number of thiophene rings is 1. The molecule has 94 valence electrons. The fourth-order valence-corrected chi connectivity index (χ4v) is 2.83. The highest BCUT2D eigenvalue weighted by Gasteiger charge is 2.11. The maximum atomic E-state index is 12.1. The molecule has 0 atom stereocenters. The number of carbonyl (C=O) groups is 1. The zero-order valence-electron chi connectivity index (χ0n) is 10.7. The lowest BCUT2D eigenvalue weighted by Gasteiger charge is -2.02. The standard InChI is InChI=1S/C15H17NOS/c1-3-7-12-10-14(18-11(12)2)15(17)16-13-8-5-4-6-9-13/h4-6,8-10H,3,7H2,1-2H3,(H,16,17). The van der Waals surface area contributed by atoms with Gasteiger partial charge in [-0.15, -0.1) is 11.3 Å². The number of hydrogen-bond donors (Lipinski definition) is 1. The van der Waals surface area contributed by atoms with Crippen LogP contribution in [0.5, 0.6) is 0 Å². The van der Waals surface area contributed by atoms with Gasteiger partial charge in [-0.1, -0.05) is 31.5 Å². The molecule has 0 unspecified atom stereocenters. The summed E-state index contributed by atoms with van der Waals surface area (Å²) >= 11 is 1.57. The van der Waals surface area contributed by atoms with Gasteiger partial charge in [-0.25, -0.2) is 0 Å². The summed E-state index contributed by atoms with van der Waals surface area (Å²) in [7, 11) is 0. The zero-order valence-corrected chi connectivity index (χ0v) is 11.5. The molecule has 0 bridgehead atoms. The number of aryl methyl sites for hydroxylation is 2. The summed E-state index contributed by atoms with van der Waals surface area (Å²) in [4.78, 5) is 14.1. The maximum Gasteiger partial charge on any atom is 0.265 e. The molecule has 0 aliphatic carbocycles. The van der Waals surface area contributed by atoms with E-state index in [1.54, 1.807) is 11.3 Å². The van der Waals surface area contributed by atoms with Gasteiger partial charge in [0.25, 0.3) is 5.91 Å². The molecule has 1 N–H and O–H groups in total. The van der Waals surface area contributed by atoms with E-state index in [0.29, 0.717) is 0 Å². The molecule has 1 amide bonds. The largest absolute Gasteiger partial charge is 0.321 e. The number of carbonyl (C=O) groups excluding carboxylic acids is 1. The molecule has 18 heavy (non-hydrogen) atoms. The lowest BCUT2D eigenvalue weighted by Crippen LogP contribution is -2.09. The summed E-state index contributed by atoms with van der Waals surface area (Å²) in [5.74, 6) is -0.0170. The molecule has 3 heteroatoms. The van der Waals surface area contributed by atoms with Gasteiger partial charge in [-0.05, 0) is 37.1 Å². The van der Waals surface area contributed by atoms with E-state index in [4.69, 9.17) is 0 Å². The van der Waals surface area contributed by atoms with Crippen LogP contribution in [0.2, 0.25) is 0 Å². The molecule has 2 aromatic rings. The van der Waals surface area contributed by atoms with Crippen LogP contribution in [0.4, 0.5) is 5.69 Å². The Labute approximate surface area is 112 Å². The highest BCUT2D eigenvalue weighted by atomic mass is 32.1. The summed E-state index contributed by atoms with van der Waals surface area (Å²) in [6.07, 6.45) is 2.15. The molecule has 1 heterocycles. The summed E-state index contributed by atoms with van der Waals surface area (Å²) in [6, 6.07) is 11.6. The Morgan fingerprint density at radius 2 is 2.00 bits per heavy atom. The Bertz CT molecular complexity index is 531. The monoisotopic (exact) mass is 259 g/mol. The van der Waals surface area contributed by atoms with E-state index in [2.05, 4.69) is 19.2 Å². The number of para-hydroxylation sites is 1. The third kappa shape index (κ3) is 2.99. The van der Waals surface area contributed by atoms with E-state index in [1.165, 1.54) is 10.4 Å². The minimum absolute atomic E-state index is 0.0170. The van der Waals surface area contributed by atoms with E-state index in [9.17, 15) is 4.79 Å². The molecule has 2 nitrogen and oxygen atoms in total. The van der Waals surface area contributed by atoms with Crippen LogP contribution in [-0.4, -0.2) is 5.91 Å². The summed E-state index contributed by atoms with van der Waals surface area (Å²) in [5.41, 5.74) is 2.13. The Balaban J connectivity index is 2.12. The molecule has 0 radical (unpaired) electrons. The first-order valence-electron chi connectivity index (χ1n) is 6.16. The van der Waals surface area contributed by atoms with Gasteiger partial charge in [0.05, 0.1) is 4.88 Å². The van der Waals surface area contributed by atoms with E-state index in [1.807, 2.05) is 36.4 Å². The first-order chi connectivity index (χ1) is 8.70. The van der Waals surface area contributed by atoms with E-state index >= 15 is 0 Å². The Hall–Kier alpha value is -1.61. The van der Waals surface area contributed by atoms with Crippen LogP contribution in [0, 0.1) is 6.92 Å². The average molecular weight is 259 g/mol. The van der Waals surface area contributed by atoms with E-state index in [0.717, 1.165) is 23.4 Å². The van der Waals surface area contributed by atoms with E-state index < -0.39 is 0 Å². The fraction of sp³-hybridized carbons (Fsp3) is 0.267. The van der Waals surface area contributed by atoms with Gasteiger partial charge in [0.15, 0.2) is 0 Å². The number of nitrogens with one attached hydrogen (secondary N) is 1. The Morgan fingerprint density at radius 1 is 1.28 bits per heavy atom. The topological polar surface area (TPSA) is 29.1 Å². The van der Waals surface area contributed by atoms with Gasteiger partial charge >= 0.3 is 0 Å². The third-order valence-corrected chi connectivity index (χ3v) is 3.89. The van der Waals surface area contributed by atoms with E-state index in [-0.39, 0.29) is 5.91 Å². The first kappa shape index (κ1) is 12.8. The van der Waals surface area contributed by atoms with Crippen molar-refractivity contribution in [2.24, 2.45) is 0 Å². The van der Waals surface area contributed by atoms with Crippen LogP contribution >= 0.6 is 11.3 Å². The first-order valence-corrected chi connectivity index (χ1v) is 6.98. The molecule has 0 spiro atoms. The summed E-state index contributed by atoms with van der Waals surface area (Å²) in [6.45, 7) is 4.23. The molecule has 0 fully saturated rings. The van der Waals surface area contributed by atoms with Crippen LogP contribution < -0.4 is 5.32 Å². The highest BCUT2D eigenvalue weighted by molar-refractivity contribution is 7.14. The molecule has 0 saturated carbocycles. The second-order valence-corrected chi connectivity index (χ2v) is 5.52. The number of amides is 1. The van der Waals surface area contributed by atoms with Gasteiger partial charge in [-0.3, -0.25) is 4.79 Å². The quantitative estimate of drug-likeness (QED) is 0.873. The smallest absolute Gasteiger partial charge is 0.265 e. The third-order valence-electron chi connectivity index (χ3n) is 2.80. The highest BCUT2D eigenvalue weighted by Crippen LogP contribution is 2.23. The van der Waals surface area contributed by atoms with Gasteiger partial charge in [-0.2, -0.15) is 0 Å². The SMILES string of the molecule is CCCc1cc(C(=O)Nc2ccccc2)sc1C. The van der Waals surface area contributed by atoms with Crippen molar-refractivity contribution >= 4 is 22.9 Å². The van der Waals surface area contributed by atoms with Crippen molar-refractivity contribution in [1.29, 1.82) is 0 Å². The predicted octanol–water partition coefficient (Wildman–Crippen LogP) is 4.26. The van der Waals surface area contributed by atoms with Crippen molar-refractivity contribution < 1.29 is 4.79 Å². The van der Waals surface area contributed by atoms with Crippen LogP contribution in [0.1, 0.15) is 33.5 Å². The molecule has 1 aromatic carbocycles. The number of benzene rings is 1. The van der Waals surface area contributed by atoms with Crippen molar-refractivity contribution in [1.82, 2.24) is 0 Å². The number of rotatable bonds is 4. The molecule has 0 saturated heterocycles. The minimum Gasteiger partial charge on any atom is -0.321 e. The predicted molar refractivity (Wildman–Crippen MR) is 77.4 cm³/mol. The van der Waals surface area contributed by atoms with Crippen molar-refractivity contribution in [3.63, 3.8) is 0 Å². The van der Waals surface area contributed by atoms with Gasteiger partial charge in [0.2, 0.25) is 0 Å². The molecule has 0 aliphatic heterocycles. The van der Waals surface area contributed by atoms with Crippen LogP contribution in [0.3, 0.4) is 0 Å². The molecule has 2 rings (SSSR count). The second-order valence-electron chi connectivity index (χ2n) is 4.26. The minimum atomic E-state index is -0.0170. The van der Waals surface area contributed by atoms with Crippen LogP contribution in [0.15, 0.2) is 36.4 Å². The van der Waals surface area contributed by atoms with Gasteiger partial charge < -0.3 is 5.32 Å². The maximum absolute atomic E-state index is 12.1. The van der Waals surface area contributed by atoms with Gasteiger partial charge in [0, 0.05) is 10.6 Å². The lowest BCUT2D eigenvalue weighted by molar-refractivity contribution is 0.103. The number of hydrogen-bond acceptors (Lipinski definition) is 2. The molecule has 1 aromatic heterocycles. The lowest BCUT2D eigenvalue weighted by atomic mass is 10.1. The van der Waals surface area contributed by atoms with Gasteiger partial charge in [0.1, 0.15) is 0 Å². The van der Waals surface area contributed by atoms with Crippen molar-refractivity contribution in [3.8, 4) is 0 Å². The second kappa shape index (κ2) is 5.83. The fourth-order valence-electron chi connectivity index (χ4n) is 1.86. The Morgan fingerprint density at radius 3 is 2.67 bits per heavy atom. The molecular formula is C15H17NOS. The van der Waals surface area contributed by atoms with Crippen LogP contribution in [-0.2, 0) is 6.42 Å². The van der Waals surface area contributed by atoms with Crippen molar-refractivity contribution in [3.05, 3.63) is 51.7 Å². The molecule has 0 aliphatic rings. The van der Waals surface area contributed by atoms with Crippen LogP contribution in [0.25, 0.3) is 0 Å². The zero-order chi connectivity index (χ0) is 13.0. The normalized spacial score (nSPS) is 10.3. The summed E-state index contributed by atoms with van der Waals surface area (Å²) in [5, 5.41) is 2.91. The van der Waals surface area contributed by atoms with Crippen molar-refractivity contribution in [2.75, 3.05) is 5.32 Å². The number of anilines is 1. The van der Waals surface area contributed by atoms with Crippen molar-refractivity contribution in [2.45, 2.75) is 26.7 Å².